The van der Waals surface area contributed by atoms with Crippen LogP contribution in [0.1, 0.15) is 17.3 Å². The minimum Gasteiger partial charge on any atom is -0.330 e. The Hall–Kier alpha value is -1.90. The number of alkyl halides is 3. The van der Waals surface area contributed by atoms with Gasteiger partial charge in [-0.1, -0.05) is 11.6 Å². The molecule has 0 unspecified atom stereocenters. The number of amides is 1. The summed E-state index contributed by atoms with van der Waals surface area (Å²) < 4.78 is 37.0. The van der Waals surface area contributed by atoms with Gasteiger partial charge in [0.2, 0.25) is 0 Å². The Morgan fingerprint density at radius 1 is 1.55 bits per heavy atom. The number of nitro groups is 1. The SMILES string of the molecule is CCN(CC(F)(F)F)C(=O)c1cc([N+](=O)[O-])cnc1Cl. The molecule has 0 saturated heterocycles. The number of carbonyl (C=O) groups is 1. The molecule has 0 radical (unpaired) electrons. The molecule has 0 spiro atoms. The van der Waals surface area contributed by atoms with E-state index in [-0.39, 0.29) is 11.7 Å². The van der Waals surface area contributed by atoms with Crippen molar-refractivity contribution in [2.45, 2.75) is 13.1 Å². The van der Waals surface area contributed by atoms with Crippen molar-refractivity contribution in [1.29, 1.82) is 0 Å². The highest BCUT2D eigenvalue weighted by atomic mass is 35.5. The van der Waals surface area contributed by atoms with Crippen molar-refractivity contribution in [2.75, 3.05) is 13.1 Å². The van der Waals surface area contributed by atoms with Crippen LogP contribution in [0.4, 0.5) is 18.9 Å². The Bertz CT molecular complexity index is 536. The standard InChI is InChI=1S/C10H9ClF3N3O3/c1-2-16(5-10(12,13)14)9(18)7-3-6(17(19)20)4-15-8(7)11/h3-4H,2,5H2,1H3. The van der Waals surface area contributed by atoms with Gasteiger partial charge in [-0.15, -0.1) is 0 Å². The third kappa shape index (κ3) is 4.05. The van der Waals surface area contributed by atoms with E-state index in [0.29, 0.717) is 4.90 Å². The maximum absolute atomic E-state index is 12.3. The van der Waals surface area contributed by atoms with E-state index < -0.39 is 34.8 Å². The molecule has 20 heavy (non-hydrogen) atoms. The number of hydrogen-bond acceptors (Lipinski definition) is 4. The van der Waals surface area contributed by atoms with Crippen LogP contribution in [-0.4, -0.2) is 40.0 Å². The largest absolute Gasteiger partial charge is 0.406 e. The summed E-state index contributed by atoms with van der Waals surface area (Å²) in [6.45, 7) is -0.346. The monoisotopic (exact) mass is 311 g/mol. The fourth-order valence-corrected chi connectivity index (χ4v) is 1.59. The first-order valence-corrected chi connectivity index (χ1v) is 5.69. The van der Waals surface area contributed by atoms with Crippen LogP contribution in [0, 0.1) is 10.1 Å². The van der Waals surface area contributed by atoms with Gasteiger partial charge in [0.15, 0.2) is 0 Å². The average molecular weight is 312 g/mol. The number of rotatable bonds is 4. The first kappa shape index (κ1) is 16.2. The van der Waals surface area contributed by atoms with Crippen LogP contribution in [0.2, 0.25) is 5.15 Å². The van der Waals surface area contributed by atoms with Gasteiger partial charge in [0.25, 0.3) is 11.6 Å². The summed E-state index contributed by atoms with van der Waals surface area (Å²) >= 11 is 5.61. The number of nitrogens with zero attached hydrogens (tertiary/aromatic N) is 3. The van der Waals surface area contributed by atoms with Gasteiger partial charge in [0, 0.05) is 12.6 Å². The van der Waals surface area contributed by atoms with E-state index in [1.807, 2.05) is 0 Å². The molecule has 0 atom stereocenters. The molecule has 10 heteroatoms. The summed E-state index contributed by atoms with van der Waals surface area (Å²) in [5, 5.41) is 10.2. The molecule has 1 rings (SSSR count). The van der Waals surface area contributed by atoms with Gasteiger partial charge < -0.3 is 4.90 Å². The lowest BCUT2D eigenvalue weighted by Crippen LogP contribution is -2.39. The lowest BCUT2D eigenvalue weighted by atomic mass is 10.2. The highest BCUT2D eigenvalue weighted by molar-refractivity contribution is 6.32. The van der Waals surface area contributed by atoms with E-state index in [1.165, 1.54) is 6.92 Å². The van der Waals surface area contributed by atoms with Crippen LogP contribution < -0.4 is 0 Å². The van der Waals surface area contributed by atoms with Crippen LogP contribution in [0.3, 0.4) is 0 Å². The molecule has 0 saturated carbocycles. The van der Waals surface area contributed by atoms with Crippen molar-refractivity contribution in [3.05, 3.63) is 33.1 Å². The number of pyridine rings is 1. The number of hydrogen-bond donors (Lipinski definition) is 0. The smallest absolute Gasteiger partial charge is 0.330 e. The highest BCUT2D eigenvalue weighted by Gasteiger charge is 2.33. The second kappa shape index (κ2) is 6.04. The van der Waals surface area contributed by atoms with Gasteiger partial charge in [0.1, 0.15) is 17.9 Å². The first-order chi connectivity index (χ1) is 9.15. The fourth-order valence-electron chi connectivity index (χ4n) is 1.40. The summed E-state index contributed by atoms with van der Waals surface area (Å²) in [6.07, 6.45) is -3.76. The van der Waals surface area contributed by atoms with Crippen molar-refractivity contribution in [3.8, 4) is 0 Å². The zero-order valence-electron chi connectivity index (χ0n) is 10.1. The molecule has 6 nitrogen and oxygen atoms in total. The summed E-state index contributed by atoms with van der Waals surface area (Å²) in [6, 6.07) is 0.802. The lowest BCUT2D eigenvalue weighted by Gasteiger charge is -2.22. The summed E-state index contributed by atoms with van der Waals surface area (Å²) in [5.74, 6) is -1.06. The van der Waals surface area contributed by atoms with E-state index in [1.54, 1.807) is 0 Å². The second-order valence-electron chi connectivity index (χ2n) is 3.72. The minimum atomic E-state index is -4.58. The summed E-state index contributed by atoms with van der Waals surface area (Å²) in [4.78, 5) is 25.6. The van der Waals surface area contributed by atoms with Crippen molar-refractivity contribution in [3.63, 3.8) is 0 Å². The third-order valence-electron chi connectivity index (χ3n) is 2.30. The van der Waals surface area contributed by atoms with Crippen LogP contribution in [0.5, 0.6) is 0 Å². The molecule has 1 aromatic rings. The Morgan fingerprint density at radius 3 is 2.60 bits per heavy atom. The summed E-state index contributed by atoms with van der Waals surface area (Å²) in [5.41, 5.74) is -0.965. The Morgan fingerprint density at radius 2 is 2.15 bits per heavy atom. The fraction of sp³-hybridized carbons (Fsp3) is 0.400. The Labute approximate surface area is 116 Å². The van der Waals surface area contributed by atoms with Crippen molar-refractivity contribution >= 4 is 23.2 Å². The molecule has 0 fully saturated rings. The van der Waals surface area contributed by atoms with Gasteiger partial charge in [-0.3, -0.25) is 14.9 Å². The Balaban J connectivity index is 3.12. The molecule has 0 aliphatic carbocycles. The van der Waals surface area contributed by atoms with Crippen molar-refractivity contribution in [1.82, 2.24) is 9.88 Å². The van der Waals surface area contributed by atoms with E-state index >= 15 is 0 Å². The maximum atomic E-state index is 12.3. The van der Waals surface area contributed by atoms with Crippen molar-refractivity contribution in [2.24, 2.45) is 0 Å². The molecule has 110 valence electrons. The van der Waals surface area contributed by atoms with Crippen LogP contribution >= 0.6 is 11.6 Å². The van der Waals surface area contributed by atoms with Crippen molar-refractivity contribution < 1.29 is 22.9 Å². The zero-order valence-corrected chi connectivity index (χ0v) is 10.9. The van der Waals surface area contributed by atoms with Crippen LogP contribution in [0.25, 0.3) is 0 Å². The molecule has 0 aliphatic rings. The molecular formula is C10H9ClF3N3O3. The third-order valence-corrected chi connectivity index (χ3v) is 2.61. The molecule has 1 amide bonds. The molecule has 1 heterocycles. The zero-order chi connectivity index (χ0) is 15.5. The molecule has 0 bridgehead atoms. The highest BCUT2D eigenvalue weighted by Crippen LogP contribution is 2.23. The molecule has 0 aliphatic heterocycles. The van der Waals surface area contributed by atoms with Gasteiger partial charge in [-0.25, -0.2) is 4.98 Å². The number of aromatic nitrogens is 1. The van der Waals surface area contributed by atoms with E-state index in [9.17, 15) is 28.1 Å². The Kier molecular flexibility index (Phi) is 4.88. The van der Waals surface area contributed by atoms with E-state index in [4.69, 9.17) is 11.6 Å². The first-order valence-electron chi connectivity index (χ1n) is 5.31. The number of carbonyl (C=O) groups excluding carboxylic acids is 1. The van der Waals surface area contributed by atoms with Gasteiger partial charge in [-0.05, 0) is 6.92 Å². The van der Waals surface area contributed by atoms with Gasteiger partial charge in [0.05, 0.1) is 10.5 Å². The molecule has 0 aromatic carbocycles. The minimum absolute atomic E-state index is 0.225. The average Bonchev–Trinajstić information content (AvgIpc) is 2.34. The van der Waals surface area contributed by atoms with E-state index in [0.717, 1.165) is 12.3 Å². The summed E-state index contributed by atoms with van der Waals surface area (Å²) in [7, 11) is 0. The quantitative estimate of drug-likeness (QED) is 0.486. The van der Waals surface area contributed by atoms with Gasteiger partial charge in [-0.2, -0.15) is 13.2 Å². The predicted octanol–water partition coefficient (Wildman–Crippen LogP) is 2.67. The number of halogens is 4. The topological polar surface area (TPSA) is 76.3 Å². The second-order valence-corrected chi connectivity index (χ2v) is 4.08. The molecule has 0 N–H and O–H groups in total. The maximum Gasteiger partial charge on any atom is 0.406 e. The van der Waals surface area contributed by atoms with Crippen LogP contribution in [0.15, 0.2) is 12.3 Å². The normalized spacial score (nSPS) is 11.2. The van der Waals surface area contributed by atoms with Crippen LogP contribution in [-0.2, 0) is 0 Å². The van der Waals surface area contributed by atoms with E-state index in [2.05, 4.69) is 4.98 Å². The molecule has 1 aromatic heterocycles. The van der Waals surface area contributed by atoms with Gasteiger partial charge >= 0.3 is 6.18 Å². The lowest BCUT2D eigenvalue weighted by molar-refractivity contribution is -0.385. The predicted molar refractivity (Wildman–Crippen MR) is 63.5 cm³/mol. The molecular weight excluding hydrogens is 303 g/mol.